The fourth-order valence-electron chi connectivity index (χ4n) is 0.924. The highest BCUT2D eigenvalue weighted by Gasteiger charge is 2.36. The van der Waals surface area contributed by atoms with Gasteiger partial charge in [-0.15, -0.1) is 0 Å². The monoisotopic (exact) mass is 327 g/mol. The Hall–Kier alpha value is -1.12. The summed E-state index contributed by atoms with van der Waals surface area (Å²) < 4.78 is 21.7. The van der Waals surface area contributed by atoms with E-state index in [4.69, 9.17) is 0 Å². The molecule has 0 heterocycles. The maximum atomic E-state index is 12.6. The Morgan fingerprint density at radius 1 is 1.47 bits per heavy atom. The summed E-state index contributed by atoms with van der Waals surface area (Å²) in [4.78, 5) is 20.6. The van der Waals surface area contributed by atoms with Gasteiger partial charge in [0.25, 0.3) is 5.69 Å². The molecule has 0 N–H and O–H groups in total. The summed E-state index contributed by atoms with van der Waals surface area (Å²) >= 11 is 0.682. The second-order valence-corrected chi connectivity index (χ2v) is 3.99. The number of Topliss-reactive ketones (excluding diaryl/α,β-unsaturated/α-hetero) is 1. The highest BCUT2D eigenvalue weighted by Crippen LogP contribution is 2.28. The van der Waals surface area contributed by atoms with Gasteiger partial charge in [0, 0.05) is 40.3 Å². The molecule has 1 aromatic rings. The van der Waals surface area contributed by atoms with Crippen LogP contribution in [0.5, 0.6) is 0 Å². The number of nitro groups is 1. The average Bonchev–Trinajstić information content (AvgIpc) is 2.15. The van der Waals surface area contributed by atoms with Gasteiger partial charge in [-0.3, -0.25) is 14.9 Å². The predicted molar refractivity (Wildman–Crippen MR) is 56.4 cm³/mol. The van der Waals surface area contributed by atoms with Crippen molar-refractivity contribution in [2.45, 2.75) is 3.93 Å². The lowest BCUT2D eigenvalue weighted by Crippen LogP contribution is -2.20. The van der Waals surface area contributed by atoms with Crippen molar-refractivity contribution >= 4 is 34.1 Å². The molecule has 0 unspecified atom stereocenters. The Kier molecular flexibility index (Phi) is 3.32. The molecule has 0 fully saturated rings. The van der Waals surface area contributed by atoms with Crippen LogP contribution in [0.4, 0.5) is 14.5 Å². The Bertz CT molecular complexity index is 417. The van der Waals surface area contributed by atoms with Crippen LogP contribution in [0.2, 0.25) is 0 Å². The highest BCUT2D eigenvalue weighted by molar-refractivity contribution is 14.1. The first-order valence-electron chi connectivity index (χ1n) is 3.68. The van der Waals surface area contributed by atoms with E-state index in [0.29, 0.717) is 22.6 Å². The van der Waals surface area contributed by atoms with Crippen LogP contribution in [0.1, 0.15) is 10.4 Å². The summed E-state index contributed by atoms with van der Waals surface area (Å²) in [7, 11) is 0. The number of non-ortho nitro benzene ring substituents is 1. The minimum Gasteiger partial charge on any atom is -0.286 e. The van der Waals surface area contributed by atoms with Crippen molar-refractivity contribution in [3.63, 3.8) is 0 Å². The second kappa shape index (κ2) is 4.17. The first kappa shape index (κ1) is 12.0. The molecule has 0 atom stereocenters. The first-order valence-corrected chi connectivity index (χ1v) is 4.76. The van der Waals surface area contributed by atoms with Gasteiger partial charge in [-0.05, 0) is 0 Å². The number of hydrogen-bond donors (Lipinski definition) is 0. The van der Waals surface area contributed by atoms with Crippen molar-refractivity contribution in [2.75, 3.05) is 0 Å². The van der Waals surface area contributed by atoms with Crippen molar-refractivity contribution in [3.05, 3.63) is 39.9 Å². The van der Waals surface area contributed by atoms with E-state index in [0.717, 1.165) is 18.2 Å². The van der Waals surface area contributed by atoms with Crippen molar-refractivity contribution in [3.8, 4) is 0 Å². The molecular weight excluding hydrogens is 323 g/mol. The van der Waals surface area contributed by atoms with Gasteiger partial charge in [0.15, 0.2) is 0 Å². The summed E-state index contributed by atoms with van der Waals surface area (Å²) in [6.45, 7) is 0. The number of ketones is 1. The molecule has 1 aromatic carbocycles. The lowest BCUT2D eigenvalue weighted by Gasteiger charge is -2.06. The van der Waals surface area contributed by atoms with Crippen LogP contribution in [-0.4, -0.2) is 14.6 Å². The van der Waals surface area contributed by atoms with E-state index >= 15 is 0 Å². The SMILES string of the molecule is O=C(c1cccc([N+](=O)[O-])c1)C(F)(F)I. The van der Waals surface area contributed by atoms with Gasteiger partial charge in [-0.25, -0.2) is 0 Å². The maximum absolute atomic E-state index is 12.6. The van der Waals surface area contributed by atoms with E-state index in [-0.39, 0.29) is 11.3 Å². The fraction of sp³-hybridized carbons (Fsp3) is 0.125. The van der Waals surface area contributed by atoms with E-state index in [2.05, 4.69) is 0 Å². The molecule has 15 heavy (non-hydrogen) atoms. The lowest BCUT2D eigenvalue weighted by atomic mass is 10.1. The van der Waals surface area contributed by atoms with E-state index in [1.54, 1.807) is 0 Å². The summed E-state index contributed by atoms with van der Waals surface area (Å²) in [6.07, 6.45) is 0. The standard InChI is InChI=1S/C8H4F2INO3/c9-8(10,11)7(13)5-2-1-3-6(4-5)12(14)15/h1-4H. The van der Waals surface area contributed by atoms with Crippen LogP contribution in [0.15, 0.2) is 24.3 Å². The van der Waals surface area contributed by atoms with Crippen LogP contribution in [0.25, 0.3) is 0 Å². The minimum absolute atomic E-state index is 0.372. The molecule has 4 nitrogen and oxygen atoms in total. The molecule has 0 aromatic heterocycles. The number of carbonyl (C=O) groups excluding carboxylic acids is 1. The highest BCUT2D eigenvalue weighted by atomic mass is 127. The van der Waals surface area contributed by atoms with Crippen LogP contribution in [0.3, 0.4) is 0 Å². The molecule has 0 saturated carbocycles. The molecular formula is C8H4F2INO3. The third-order valence-corrected chi connectivity index (χ3v) is 2.07. The molecule has 0 aliphatic rings. The van der Waals surface area contributed by atoms with Gasteiger partial charge in [-0.1, -0.05) is 12.1 Å². The molecule has 1 rings (SSSR count). The normalized spacial score (nSPS) is 11.1. The number of hydrogen-bond acceptors (Lipinski definition) is 3. The molecule has 0 aliphatic heterocycles. The summed E-state index contributed by atoms with van der Waals surface area (Å²) in [6, 6.07) is 4.26. The minimum atomic E-state index is -3.55. The zero-order valence-corrected chi connectivity index (χ0v) is 9.27. The van der Waals surface area contributed by atoms with E-state index in [1.807, 2.05) is 0 Å². The number of halogens is 3. The molecule has 0 radical (unpaired) electrons. The van der Waals surface area contributed by atoms with Crippen molar-refractivity contribution in [1.29, 1.82) is 0 Å². The van der Waals surface area contributed by atoms with Crippen molar-refractivity contribution in [1.82, 2.24) is 0 Å². The smallest absolute Gasteiger partial charge is 0.286 e. The van der Waals surface area contributed by atoms with E-state index in [1.165, 1.54) is 6.07 Å². The third-order valence-electron chi connectivity index (χ3n) is 1.58. The first-order chi connectivity index (χ1) is 6.82. The lowest BCUT2D eigenvalue weighted by molar-refractivity contribution is -0.384. The average molecular weight is 327 g/mol. The topological polar surface area (TPSA) is 60.2 Å². The van der Waals surface area contributed by atoms with Gasteiger partial charge in [0.2, 0.25) is 5.78 Å². The van der Waals surface area contributed by atoms with Crippen LogP contribution >= 0.6 is 22.6 Å². The summed E-state index contributed by atoms with van der Waals surface area (Å²) in [5.74, 6) is -1.44. The van der Waals surface area contributed by atoms with Gasteiger partial charge in [-0.2, -0.15) is 8.78 Å². The van der Waals surface area contributed by atoms with E-state index < -0.39 is 14.6 Å². The quantitative estimate of drug-likeness (QED) is 0.282. The second-order valence-electron chi connectivity index (χ2n) is 2.63. The van der Waals surface area contributed by atoms with Gasteiger partial charge < -0.3 is 0 Å². The van der Waals surface area contributed by atoms with Crippen LogP contribution < -0.4 is 0 Å². The summed E-state index contributed by atoms with van der Waals surface area (Å²) in [5, 5.41) is 10.3. The number of benzene rings is 1. The largest absolute Gasteiger partial charge is 0.357 e. The van der Waals surface area contributed by atoms with E-state index in [9.17, 15) is 23.7 Å². The molecule has 7 heteroatoms. The van der Waals surface area contributed by atoms with Crippen LogP contribution in [-0.2, 0) is 0 Å². The van der Waals surface area contributed by atoms with Crippen molar-refractivity contribution in [2.24, 2.45) is 0 Å². The number of nitrogens with zero attached hydrogens (tertiary/aromatic N) is 1. The Labute approximate surface area is 96.6 Å². The molecule has 0 aliphatic carbocycles. The van der Waals surface area contributed by atoms with Crippen LogP contribution in [0, 0.1) is 10.1 Å². The number of carbonyl (C=O) groups is 1. The van der Waals surface area contributed by atoms with Gasteiger partial charge in [0.05, 0.1) is 4.92 Å². The molecule has 0 amide bonds. The molecule has 0 bridgehead atoms. The molecule has 0 spiro atoms. The zero-order valence-electron chi connectivity index (χ0n) is 7.12. The summed E-state index contributed by atoms with van der Waals surface area (Å²) in [5.41, 5.74) is -0.759. The fourth-order valence-corrected chi connectivity index (χ4v) is 1.24. The number of rotatable bonds is 3. The zero-order chi connectivity index (χ0) is 11.6. The molecule has 0 saturated heterocycles. The Morgan fingerprint density at radius 3 is 2.53 bits per heavy atom. The van der Waals surface area contributed by atoms with Gasteiger partial charge in [0.1, 0.15) is 0 Å². The number of nitro benzene ring substituents is 1. The Balaban J connectivity index is 3.12. The predicted octanol–water partition coefficient (Wildman–Crippen LogP) is 2.81. The third kappa shape index (κ3) is 2.91. The van der Waals surface area contributed by atoms with Crippen molar-refractivity contribution < 1.29 is 18.5 Å². The van der Waals surface area contributed by atoms with Gasteiger partial charge >= 0.3 is 3.93 Å². The molecule has 80 valence electrons. The maximum Gasteiger partial charge on any atom is 0.357 e. The number of alkyl halides is 3. The Morgan fingerprint density at radius 2 is 2.07 bits per heavy atom.